The predicted molar refractivity (Wildman–Crippen MR) is 77.4 cm³/mol. The lowest BCUT2D eigenvalue weighted by Gasteiger charge is -2.25. The van der Waals surface area contributed by atoms with Gasteiger partial charge in [-0.15, -0.1) is 11.6 Å². The molecular formula is C11H18ClN2O6P. The fourth-order valence-corrected chi connectivity index (χ4v) is 2.98. The highest BCUT2D eigenvalue weighted by atomic mass is 35.5. The summed E-state index contributed by atoms with van der Waals surface area (Å²) in [4.78, 5) is 9.84. The molecular weight excluding hydrogens is 323 g/mol. The Balaban J connectivity index is 2.58. The molecule has 0 aliphatic carbocycles. The number of nitro groups is 1. The minimum atomic E-state index is -3.45. The molecule has 0 saturated carbocycles. The van der Waals surface area contributed by atoms with Crippen LogP contribution in [0, 0.1) is 10.1 Å². The molecule has 0 radical (unpaired) electrons. The standard InChI is InChI=1S/C11H18ClN2O6P/c1-13(8-4-3-7-12)21(17,18-2)19-9-10-5-6-11(20-10)14(15)16/h5-6H,3-4,7-9H2,1-2H3. The van der Waals surface area contributed by atoms with Crippen LogP contribution in [0.15, 0.2) is 16.5 Å². The first kappa shape index (κ1) is 18.1. The van der Waals surface area contributed by atoms with Crippen molar-refractivity contribution in [2.24, 2.45) is 0 Å². The maximum absolute atomic E-state index is 12.5. The van der Waals surface area contributed by atoms with E-state index in [-0.39, 0.29) is 12.4 Å². The Hall–Kier alpha value is -0.920. The molecule has 1 atom stereocenters. The van der Waals surface area contributed by atoms with Crippen LogP contribution >= 0.6 is 19.3 Å². The van der Waals surface area contributed by atoms with Crippen molar-refractivity contribution in [3.63, 3.8) is 0 Å². The highest BCUT2D eigenvalue weighted by Crippen LogP contribution is 2.51. The van der Waals surface area contributed by atoms with Gasteiger partial charge < -0.3 is 4.42 Å². The molecule has 8 nitrogen and oxygen atoms in total. The lowest BCUT2D eigenvalue weighted by atomic mass is 10.3. The molecule has 1 heterocycles. The normalized spacial score (nSPS) is 14.3. The van der Waals surface area contributed by atoms with Crippen LogP contribution in [0.1, 0.15) is 18.6 Å². The second-order valence-electron chi connectivity index (χ2n) is 4.20. The lowest BCUT2D eigenvalue weighted by Crippen LogP contribution is -2.19. The van der Waals surface area contributed by atoms with Gasteiger partial charge in [-0.1, -0.05) is 0 Å². The van der Waals surface area contributed by atoms with Crippen molar-refractivity contribution in [2.45, 2.75) is 19.4 Å². The van der Waals surface area contributed by atoms with Gasteiger partial charge in [0.15, 0.2) is 0 Å². The molecule has 0 amide bonds. The Morgan fingerprint density at radius 2 is 2.19 bits per heavy atom. The van der Waals surface area contributed by atoms with Gasteiger partial charge in [0.1, 0.15) is 17.3 Å². The van der Waals surface area contributed by atoms with E-state index in [9.17, 15) is 14.7 Å². The van der Waals surface area contributed by atoms with Gasteiger partial charge in [-0.2, -0.15) is 0 Å². The molecule has 21 heavy (non-hydrogen) atoms. The molecule has 1 aromatic rings. The van der Waals surface area contributed by atoms with Gasteiger partial charge >= 0.3 is 13.6 Å². The van der Waals surface area contributed by atoms with Crippen LogP contribution in [-0.2, 0) is 20.2 Å². The maximum atomic E-state index is 12.5. The second-order valence-corrected chi connectivity index (χ2v) is 6.82. The SMILES string of the molecule is COP(=O)(OCc1ccc([N+](=O)[O-])o1)N(C)CCCCCl. The first-order valence-electron chi connectivity index (χ1n) is 6.24. The molecule has 1 unspecified atom stereocenters. The quantitative estimate of drug-likeness (QED) is 0.212. The van der Waals surface area contributed by atoms with Crippen LogP contribution in [0.4, 0.5) is 5.88 Å². The van der Waals surface area contributed by atoms with Gasteiger partial charge in [-0.25, -0.2) is 9.24 Å². The first-order valence-corrected chi connectivity index (χ1v) is 8.27. The van der Waals surface area contributed by atoms with E-state index in [4.69, 9.17) is 25.1 Å². The third-order valence-corrected chi connectivity index (χ3v) is 4.93. The van der Waals surface area contributed by atoms with E-state index < -0.39 is 18.6 Å². The van der Waals surface area contributed by atoms with E-state index >= 15 is 0 Å². The summed E-state index contributed by atoms with van der Waals surface area (Å²) in [6, 6.07) is 2.60. The third-order valence-electron chi connectivity index (χ3n) is 2.71. The number of rotatable bonds is 10. The van der Waals surface area contributed by atoms with E-state index in [1.807, 2.05) is 0 Å². The number of nitrogens with zero attached hydrogens (tertiary/aromatic N) is 2. The summed E-state index contributed by atoms with van der Waals surface area (Å²) in [5.74, 6) is 0.339. The maximum Gasteiger partial charge on any atom is 0.433 e. The van der Waals surface area contributed by atoms with E-state index in [1.165, 1.54) is 23.9 Å². The lowest BCUT2D eigenvalue weighted by molar-refractivity contribution is -0.402. The summed E-state index contributed by atoms with van der Waals surface area (Å²) in [5, 5.41) is 10.5. The molecule has 1 aromatic heterocycles. The molecule has 0 bridgehead atoms. The molecule has 0 fully saturated rings. The van der Waals surface area contributed by atoms with Crippen LogP contribution < -0.4 is 0 Å². The molecule has 0 spiro atoms. The molecule has 10 heteroatoms. The number of hydrogen-bond donors (Lipinski definition) is 0. The average molecular weight is 341 g/mol. The zero-order valence-electron chi connectivity index (χ0n) is 11.9. The minimum Gasteiger partial charge on any atom is -0.403 e. The van der Waals surface area contributed by atoms with Crippen LogP contribution in [0.5, 0.6) is 0 Å². The van der Waals surface area contributed by atoms with Crippen molar-refractivity contribution in [2.75, 3.05) is 26.6 Å². The van der Waals surface area contributed by atoms with Crippen molar-refractivity contribution in [3.8, 4) is 0 Å². The largest absolute Gasteiger partial charge is 0.433 e. The highest BCUT2D eigenvalue weighted by molar-refractivity contribution is 7.51. The van der Waals surface area contributed by atoms with Crippen LogP contribution in [0.3, 0.4) is 0 Å². The first-order chi connectivity index (χ1) is 9.92. The predicted octanol–water partition coefficient (Wildman–Crippen LogP) is 3.41. The average Bonchev–Trinajstić information content (AvgIpc) is 2.94. The molecule has 1 rings (SSSR count). The molecule has 0 aliphatic rings. The number of halogens is 1. The summed E-state index contributed by atoms with van der Waals surface area (Å²) in [5.41, 5.74) is 0. The zero-order chi connectivity index (χ0) is 15.9. The fourth-order valence-electron chi connectivity index (χ4n) is 1.54. The van der Waals surface area contributed by atoms with Crippen molar-refractivity contribution < 1.29 is 23.0 Å². The molecule has 120 valence electrons. The van der Waals surface area contributed by atoms with Gasteiger partial charge in [-0.3, -0.25) is 19.2 Å². The summed E-state index contributed by atoms with van der Waals surface area (Å²) in [6.45, 7) is 0.314. The van der Waals surface area contributed by atoms with Gasteiger partial charge in [-0.05, 0) is 26.0 Å². The summed E-state index contributed by atoms with van der Waals surface area (Å²) in [7, 11) is -0.556. The summed E-state index contributed by atoms with van der Waals surface area (Å²) < 4.78 is 29.1. The van der Waals surface area contributed by atoms with Crippen molar-refractivity contribution in [3.05, 3.63) is 28.0 Å². The Kier molecular flexibility index (Phi) is 7.34. The number of alkyl halides is 1. The topological polar surface area (TPSA) is 95.0 Å². The van der Waals surface area contributed by atoms with Gasteiger partial charge in [0.05, 0.1) is 6.07 Å². The van der Waals surface area contributed by atoms with Gasteiger partial charge in [0.2, 0.25) is 0 Å². The van der Waals surface area contributed by atoms with Crippen molar-refractivity contribution in [1.29, 1.82) is 0 Å². The van der Waals surface area contributed by atoms with E-state index in [0.29, 0.717) is 12.4 Å². The number of unbranched alkanes of at least 4 members (excludes halogenated alkanes) is 1. The monoisotopic (exact) mass is 340 g/mol. The Bertz CT molecular complexity index is 509. The smallest absolute Gasteiger partial charge is 0.403 e. The summed E-state index contributed by atoms with van der Waals surface area (Å²) in [6.07, 6.45) is 1.54. The fraction of sp³-hybridized carbons (Fsp3) is 0.636. The van der Waals surface area contributed by atoms with Crippen LogP contribution in [-0.4, -0.2) is 36.2 Å². The highest BCUT2D eigenvalue weighted by Gasteiger charge is 2.29. The Morgan fingerprint density at radius 1 is 1.48 bits per heavy atom. The number of furan rings is 1. The Morgan fingerprint density at radius 3 is 2.71 bits per heavy atom. The molecule has 0 aliphatic heterocycles. The molecule has 0 N–H and O–H groups in total. The molecule has 0 saturated heterocycles. The Labute approximate surface area is 127 Å². The van der Waals surface area contributed by atoms with Gasteiger partial charge in [0, 0.05) is 19.5 Å². The van der Waals surface area contributed by atoms with E-state index in [0.717, 1.165) is 12.8 Å². The molecule has 0 aromatic carbocycles. The third kappa shape index (κ3) is 5.41. The van der Waals surface area contributed by atoms with Crippen LogP contribution in [0.25, 0.3) is 0 Å². The summed E-state index contributed by atoms with van der Waals surface area (Å²) >= 11 is 5.58. The van der Waals surface area contributed by atoms with E-state index in [1.54, 1.807) is 7.05 Å². The number of hydrogen-bond acceptors (Lipinski definition) is 6. The van der Waals surface area contributed by atoms with Crippen LogP contribution in [0.2, 0.25) is 0 Å². The second kappa shape index (κ2) is 8.51. The van der Waals surface area contributed by atoms with Gasteiger partial charge in [0.25, 0.3) is 0 Å². The van der Waals surface area contributed by atoms with Crippen molar-refractivity contribution >= 4 is 25.2 Å². The minimum absolute atomic E-state index is 0.182. The van der Waals surface area contributed by atoms with E-state index in [2.05, 4.69) is 0 Å². The zero-order valence-corrected chi connectivity index (χ0v) is 13.5. The van der Waals surface area contributed by atoms with Crippen molar-refractivity contribution in [1.82, 2.24) is 4.67 Å².